The van der Waals surface area contributed by atoms with Crippen molar-refractivity contribution in [3.63, 3.8) is 0 Å². The molecule has 0 aliphatic rings. The first kappa shape index (κ1) is 66.4. The van der Waals surface area contributed by atoms with Crippen molar-refractivity contribution >= 4 is 0 Å². The third-order valence-electron chi connectivity index (χ3n) is 6.28. The average Bonchev–Trinajstić information content (AvgIpc) is 2.66. The average molecular weight is 685 g/mol. The largest absolute Gasteiger partial charge is 0.870 e. The van der Waals surface area contributed by atoms with E-state index in [-0.39, 0.29) is 108 Å². The monoisotopic (exact) mass is 684 g/mol. The Balaban J connectivity index is -0.0000000845. The zero-order chi connectivity index (χ0) is 29.5. The van der Waals surface area contributed by atoms with Gasteiger partial charge >= 0.3 is 12.4 Å². The Kier molecular flexibility index (Phi) is 47.9. The van der Waals surface area contributed by atoms with Crippen molar-refractivity contribution in [1.82, 2.24) is 0 Å². The molecule has 0 saturated heterocycles. The molecule has 4 nitrogen and oxygen atoms in total. The maximum absolute atomic E-state index is 12.8. The molecule has 0 saturated carbocycles. The van der Waals surface area contributed by atoms with Crippen molar-refractivity contribution in [1.29, 1.82) is 0 Å². The summed E-state index contributed by atoms with van der Waals surface area (Å²) >= 11 is 0. The molecular weight excluding hydrogens is 614 g/mol. The molecule has 0 rings (SSSR count). The second kappa shape index (κ2) is 30.3. The molecule has 0 radical (unpaired) electrons. The van der Waals surface area contributed by atoms with Crippen molar-refractivity contribution in [2.45, 2.75) is 133 Å². The second-order valence-electron chi connectivity index (χ2n) is 13.1. The van der Waals surface area contributed by atoms with Crippen LogP contribution in [0.4, 0.5) is 26.3 Å². The van der Waals surface area contributed by atoms with Gasteiger partial charge in [0, 0.05) is 75.5 Å². The number of halogens is 6. The topological polar surface area (TPSA) is 60.0 Å². The van der Waals surface area contributed by atoms with E-state index in [9.17, 15) is 26.3 Å². The van der Waals surface area contributed by atoms with Crippen LogP contribution in [0.5, 0.6) is 0 Å². The molecule has 0 aromatic rings. The van der Waals surface area contributed by atoms with Crippen molar-refractivity contribution in [3.05, 3.63) is 0 Å². The summed E-state index contributed by atoms with van der Waals surface area (Å²) in [6.07, 6.45) is 0.998. The number of hydrogen-bond donors (Lipinski definition) is 0. The van der Waals surface area contributed by atoms with Crippen LogP contribution in [0.3, 0.4) is 0 Å². The smallest absolute Gasteiger partial charge is 0.393 e. The van der Waals surface area contributed by atoms with Crippen LogP contribution in [-0.4, -0.2) is 87.1 Å². The quantitative estimate of drug-likeness (QED) is 0.104. The number of nitrogens with zero attached hydrogens (tertiary/aromatic N) is 2. The van der Waals surface area contributed by atoms with E-state index in [1.54, 1.807) is 0 Å². The zero-order valence-electron chi connectivity index (χ0n) is 27.2. The summed E-state index contributed by atoms with van der Waals surface area (Å²) in [6, 6.07) is 0. The van der Waals surface area contributed by atoms with Gasteiger partial charge in [-0.3, -0.25) is 0 Å². The Morgan fingerprint density at radius 1 is 0.476 bits per heavy atom. The van der Waals surface area contributed by atoms with Gasteiger partial charge in [0.2, 0.25) is 0 Å². The van der Waals surface area contributed by atoms with Crippen molar-refractivity contribution in [3.8, 4) is 0 Å². The van der Waals surface area contributed by atoms with Gasteiger partial charge in [-0.15, -0.1) is 0 Å². The summed E-state index contributed by atoms with van der Waals surface area (Å²) in [5.41, 5.74) is -3.11. The van der Waals surface area contributed by atoms with Gasteiger partial charge in [0.05, 0.1) is 65.7 Å². The normalized spacial score (nSPS) is 11.6. The predicted molar refractivity (Wildman–Crippen MR) is 160 cm³/mol. The summed E-state index contributed by atoms with van der Waals surface area (Å²) in [5.74, 6) is 0. The fraction of sp³-hybridized carbons (Fsp3) is 1.00. The Labute approximate surface area is 317 Å². The van der Waals surface area contributed by atoms with Gasteiger partial charge in [-0.1, -0.05) is 76.2 Å². The molecule has 0 aromatic heterocycles. The number of rotatable bonds is 14. The zero-order valence-corrected chi connectivity index (χ0v) is 28.7. The summed E-state index contributed by atoms with van der Waals surface area (Å²) in [7, 11) is 11.3. The van der Waals surface area contributed by atoms with E-state index in [0.717, 1.165) is 55.5 Å². The van der Waals surface area contributed by atoms with E-state index in [0.29, 0.717) is 6.42 Å². The standard InChI is InChI=1S/C21H45F3N2.C5H9F3.C2H6.2CH4.2Ar.2H2O/c1-20(2,21(22,23)24)16-12-8-9-14-18-26(6,7)19-15-11-10-13-17-25(3,4)5;1-4(2,3)5(6,7)8;1-2;;;;;;/h8-19H2,1-7H3;1-3H3;1-2H3;2*1H4;;;2*1H2/q+2;;;;;;;;/p-2. The Morgan fingerprint density at radius 2 is 0.738 bits per heavy atom. The Hall–Kier alpha value is 1.94. The molecule has 0 aliphatic carbocycles. The molecular formula is C30H70Ar2F6N2O2. The SMILES string of the molecule is C.C.CC.CC(C)(C)C(F)(F)F.CC(C)(CCCCCC[N+](C)(C)CCCCCC[N+](C)(C)C)C(F)(F)F.[Ar].[Ar].[OH-].[OH-]. The van der Waals surface area contributed by atoms with Gasteiger partial charge < -0.3 is 19.9 Å². The van der Waals surface area contributed by atoms with E-state index in [1.807, 2.05) is 13.8 Å². The minimum atomic E-state index is -4.09. The first-order valence-electron chi connectivity index (χ1n) is 13.7. The first-order valence-corrected chi connectivity index (χ1v) is 13.7. The van der Waals surface area contributed by atoms with Gasteiger partial charge in [-0.2, -0.15) is 26.3 Å². The summed E-state index contributed by atoms with van der Waals surface area (Å²) in [4.78, 5) is 0. The number of unbranched alkanes of at least 4 members (excludes halogenated alkanes) is 6. The van der Waals surface area contributed by atoms with E-state index in [2.05, 4.69) is 35.2 Å². The van der Waals surface area contributed by atoms with Crippen LogP contribution in [0.25, 0.3) is 0 Å². The van der Waals surface area contributed by atoms with Crippen LogP contribution in [0, 0.1) is 86.3 Å². The van der Waals surface area contributed by atoms with Crippen LogP contribution in [-0.2, 0) is 0 Å². The fourth-order valence-corrected chi connectivity index (χ4v) is 3.19. The molecule has 12 heteroatoms. The molecule has 0 fully saturated rings. The molecule has 0 amide bonds. The van der Waals surface area contributed by atoms with Crippen LogP contribution in [0.2, 0.25) is 0 Å². The predicted octanol–water partition coefficient (Wildman–Crippen LogP) is 10.4. The second-order valence-corrected chi connectivity index (χ2v) is 13.1. The van der Waals surface area contributed by atoms with Gasteiger partial charge in [0.1, 0.15) is 0 Å². The maximum atomic E-state index is 12.8. The number of alkyl halides is 6. The minimum absolute atomic E-state index is 0. The van der Waals surface area contributed by atoms with Crippen molar-refractivity contribution < 1.29 is 122 Å². The first-order chi connectivity index (χ1) is 15.9. The third-order valence-corrected chi connectivity index (χ3v) is 6.28. The molecule has 2 N–H and O–H groups in total. The maximum Gasteiger partial charge on any atom is 0.393 e. The molecule has 0 heterocycles. The van der Waals surface area contributed by atoms with Crippen LogP contribution in [0.1, 0.15) is 121 Å². The van der Waals surface area contributed by atoms with E-state index in [4.69, 9.17) is 0 Å². The van der Waals surface area contributed by atoms with Gasteiger partial charge in [0.25, 0.3) is 0 Å². The Bertz CT molecular complexity index is 536. The Morgan fingerprint density at radius 3 is 0.976 bits per heavy atom. The fourth-order valence-electron chi connectivity index (χ4n) is 3.19. The molecule has 0 unspecified atom stereocenters. The van der Waals surface area contributed by atoms with Crippen molar-refractivity contribution in [2.75, 3.05) is 54.9 Å². The summed E-state index contributed by atoms with van der Waals surface area (Å²) in [6.45, 7) is 13.6. The molecule has 0 spiro atoms. The minimum Gasteiger partial charge on any atom is -0.870 e. The number of quaternary nitrogens is 2. The molecule has 0 aromatic carbocycles. The summed E-state index contributed by atoms with van der Waals surface area (Å²) in [5, 5.41) is 0. The van der Waals surface area contributed by atoms with Gasteiger partial charge in [0.15, 0.2) is 0 Å². The van der Waals surface area contributed by atoms with E-state index in [1.165, 1.54) is 52.6 Å². The molecule has 0 bridgehead atoms. The van der Waals surface area contributed by atoms with Crippen LogP contribution in [0.15, 0.2) is 0 Å². The van der Waals surface area contributed by atoms with E-state index >= 15 is 0 Å². The van der Waals surface area contributed by atoms with Gasteiger partial charge in [-0.05, 0) is 44.9 Å². The van der Waals surface area contributed by atoms with Crippen molar-refractivity contribution in [2.24, 2.45) is 10.8 Å². The van der Waals surface area contributed by atoms with Crippen LogP contribution < -0.4 is 0 Å². The van der Waals surface area contributed by atoms with Crippen LogP contribution >= 0.6 is 0 Å². The number of hydrogen-bond acceptors (Lipinski definition) is 2. The van der Waals surface area contributed by atoms with E-state index < -0.39 is 23.2 Å². The molecule has 0 aliphatic heterocycles. The third kappa shape index (κ3) is 40.0. The molecule has 270 valence electrons. The molecule has 42 heavy (non-hydrogen) atoms. The van der Waals surface area contributed by atoms with Gasteiger partial charge in [-0.25, -0.2) is 0 Å². The molecule has 0 atom stereocenters. The summed E-state index contributed by atoms with van der Waals surface area (Å²) < 4.78 is 75.2.